The quantitative estimate of drug-likeness (QED) is 0.590. The van der Waals surface area contributed by atoms with Crippen molar-refractivity contribution in [2.75, 3.05) is 11.4 Å². The minimum Gasteiger partial charge on any atom is -0.478 e. The van der Waals surface area contributed by atoms with Gasteiger partial charge in [-0.2, -0.15) is 0 Å². The maximum absolute atomic E-state index is 11.3. The molecule has 1 amide bonds. The lowest BCUT2D eigenvalue weighted by molar-refractivity contribution is -0.385. The molecular formula is C11H12N4O5. The average Bonchev–Trinajstić information content (AvgIpc) is 2.86. The molecule has 1 atom stereocenters. The number of nitrogens with two attached hydrogens (primary N) is 1. The molecular weight excluding hydrogens is 268 g/mol. The van der Waals surface area contributed by atoms with E-state index in [1.165, 1.54) is 4.90 Å². The van der Waals surface area contributed by atoms with Crippen LogP contribution in [0.25, 0.3) is 0 Å². The van der Waals surface area contributed by atoms with Gasteiger partial charge in [0.2, 0.25) is 5.91 Å². The van der Waals surface area contributed by atoms with Gasteiger partial charge in [-0.25, -0.2) is 9.78 Å². The number of rotatable bonds is 4. The van der Waals surface area contributed by atoms with E-state index in [1.54, 1.807) is 0 Å². The molecule has 0 bridgehead atoms. The summed E-state index contributed by atoms with van der Waals surface area (Å²) in [5.74, 6) is -1.88. The molecule has 0 aromatic carbocycles. The van der Waals surface area contributed by atoms with Crippen LogP contribution in [0, 0.1) is 10.1 Å². The fourth-order valence-electron chi connectivity index (χ4n) is 2.25. The average molecular weight is 280 g/mol. The number of nitrogens with zero attached hydrogens (tertiary/aromatic N) is 3. The molecule has 1 aliphatic heterocycles. The van der Waals surface area contributed by atoms with Gasteiger partial charge in [0.25, 0.3) is 5.69 Å². The lowest BCUT2D eigenvalue weighted by atomic mass is 10.2. The van der Waals surface area contributed by atoms with Crippen molar-refractivity contribution < 1.29 is 19.6 Å². The minimum atomic E-state index is -1.34. The van der Waals surface area contributed by atoms with Gasteiger partial charge in [-0.05, 0) is 12.8 Å². The summed E-state index contributed by atoms with van der Waals surface area (Å²) in [6, 6.07) is 0.295. The monoisotopic (exact) mass is 280 g/mol. The molecule has 2 rings (SSSR count). The lowest BCUT2D eigenvalue weighted by Gasteiger charge is -2.24. The number of aromatic carboxylic acids is 1. The molecule has 1 aromatic heterocycles. The molecule has 106 valence electrons. The van der Waals surface area contributed by atoms with Crippen LogP contribution in [0.1, 0.15) is 23.2 Å². The number of carboxylic acids is 1. The van der Waals surface area contributed by atoms with Gasteiger partial charge in [-0.15, -0.1) is 0 Å². The summed E-state index contributed by atoms with van der Waals surface area (Å²) >= 11 is 0. The number of primary amides is 1. The van der Waals surface area contributed by atoms with Crippen molar-refractivity contribution >= 4 is 23.4 Å². The van der Waals surface area contributed by atoms with E-state index in [0.717, 1.165) is 12.3 Å². The zero-order chi connectivity index (χ0) is 14.9. The second kappa shape index (κ2) is 5.11. The second-order valence-corrected chi connectivity index (χ2v) is 4.38. The lowest BCUT2D eigenvalue weighted by Crippen LogP contribution is -2.41. The highest BCUT2D eigenvalue weighted by molar-refractivity contribution is 5.95. The van der Waals surface area contributed by atoms with Crippen molar-refractivity contribution in [3.63, 3.8) is 0 Å². The molecule has 0 saturated carbocycles. The first-order valence-corrected chi connectivity index (χ1v) is 5.85. The Hall–Kier alpha value is -2.71. The Kier molecular flexibility index (Phi) is 3.51. The normalized spacial score (nSPS) is 18.0. The topological polar surface area (TPSA) is 140 Å². The molecule has 20 heavy (non-hydrogen) atoms. The van der Waals surface area contributed by atoms with Crippen LogP contribution in [0.2, 0.25) is 0 Å². The molecule has 0 radical (unpaired) electrons. The summed E-state index contributed by atoms with van der Waals surface area (Å²) in [5, 5.41) is 19.8. The summed E-state index contributed by atoms with van der Waals surface area (Å²) in [4.78, 5) is 37.8. The van der Waals surface area contributed by atoms with Gasteiger partial charge < -0.3 is 15.7 Å². The predicted octanol–water partition coefficient (Wildman–Crippen LogP) is 0.142. The molecule has 3 N–H and O–H groups in total. The molecule has 1 aliphatic rings. The first kappa shape index (κ1) is 13.7. The Labute approximate surface area is 113 Å². The second-order valence-electron chi connectivity index (χ2n) is 4.38. The maximum Gasteiger partial charge on any atom is 0.339 e. The van der Waals surface area contributed by atoms with E-state index in [4.69, 9.17) is 10.8 Å². The Morgan fingerprint density at radius 3 is 2.80 bits per heavy atom. The van der Waals surface area contributed by atoms with Gasteiger partial charge in [0.1, 0.15) is 23.6 Å². The largest absolute Gasteiger partial charge is 0.478 e. The van der Waals surface area contributed by atoms with E-state index < -0.39 is 28.5 Å². The summed E-state index contributed by atoms with van der Waals surface area (Å²) in [7, 11) is 0. The van der Waals surface area contributed by atoms with Crippen LogP contribution in [0.3, 0.4) is 0 Å². The molecule has 1 fully saturated rings. The van der Waals surface area contributed by atoms with Gasteiger partial charge >= 0.3 is 5.97 Å². The fraction of sp³-hybridized carbons (Fsp3) is 0.364. The number of carbonyl (C=O) groups is 2. The van der Waals surface area contributed by atoms with E-state index in [9.17, 15) is 19.7 Å². The number of carbonyl (C=O) groups excluding carboxylic acids is 1. The number of carboxylic acid groups (broad SMARTS) is 1. The highest BCUT2D eigenvalue weighted by atomic mass is 16.6. The molecule has 0 aliphatic carbocycles. The molecule has 1 saturated heterocycles. The van der Waals surface area contributed by atoms with Crippen molar-refractivity contribution in [2.45, 2.75) is 18.9 Å². The Morgan fingerprint density at radius 1 is 1.55 bits per heavy atom. The molecule has 9 heteroatoms. The van der Waals surface area contributed by atoms with Crippen LogP contribution in [0.4, 0.5) is 11.5 Å². The third kappa shape index (κ3) is 2.37. The number of amides is 1. The smallest absolute Gasteiger partial charge is 0.339 e. The van der Waals surface area contributed by atoms with Crippen LogP contribution in [-0.2, 0) is 4.79 Å². The molecule has 1 aromatic rings. The SMILES string of the molecule is NC(=O)C1CCCN1c1ncc([N+](=O)[O-])cc1C(=O)O. The fourth-order valence-corrected chi connectivity index (χ4v) is 2.25. The van der Waals surface area contributed by atoms with E-state index >= 15 is 0 Å². The molecule has 2 heterocycles. The van der Waals surface area contributed by atoms with Crippen molar-refractivity contribution in [2.24, 2.45) is 5.73 Å². The number of pyridine rings is 1. The third-order valence-corrected chi connectivity index (χ3v) is 3.15. The molecule has 9 nitrogen and oxygen atoms in total. The van der Waals surface area contributed by atoms with Crippen molar-refractivity contribution in [3.8, 4) is 0 Å². The van der Waals surface area contributed by atoms with Gasteiger partial charge in [0.15, 0.2) is 0 Å². The third-order valence-electron chi connectivity index (χ3n) is 3.15. The van der Waals surface area contributed by atoms with Crippen molar-refractivity contribution in [1.29, 1.82) is 0 Å². The van der Waals surface area contributed by atoms with Crippen LogP contribution in [0.15, 0.2) is 12.3 Å². The maximum atomic E-state index is 11.3. The van der Waals surface area contributed by atoms with Gasteiger partial charge in [-0.3, -0.25) is 14.9 Å². The van der Waals surface area contributed by atoms with Crippen LogP contribution < -0.4 is 10.6 Å². The highest BCUT2D eigenvalue weighted by Crippen LogP contribution is 2.28. The summed E-state index contributed by atoms with van der Waals surface area (Å²) in [5.41, 5.74) is 4.54. The van der Waals surface area contributed by atoms with E-state index in [-0.39, 0.29) is 11.4 Å². The minimum absolute atomic E-state index is 0.0319. The van der Waals surface area contributed by atoms with Crippen LogP contribution >= 0.6 is 0 Å². The van der Waals surface area contributed by atoms with Crippen molar-refractivity contribution in [3.05, 3.63) is 27.9 Å². The highest BCUT2D eigenvalue weighted by Gasteiger charge is 2.33. The molecule has 1 unspecified atom stereocenters. The van der Waals surface area contributed by atoms with Gasteiger partial charge in [-0.1, -0.05) is 0 Å². The van der Waals surface area contributed by atoms with E-state index in [0.29, 0.717) is 19.4 Å². The number of hydrogen-bond donors (Lipinski definition) is 2. The van der Waals surface area contributed by atoms with Crippen LogP contribution in [-0.4, -0.2) is 39.5 Å². The summed E-state index contributed by atoms with van der Waals surface area (Å²) in [6.07, 6.45) is 2.15. The Bertz CT molecular complexity index is 588. The number of anilines is 1. The van der Waals surface area contributed by atoms with Gasteiger partial charge in [0, 0.05) is 12.6 Å². The van der Waals surface area contributed by atoms with E-state index in [2.05, 4.69) is 4.98 Å². The summed E-state index contributed by atoms with van der Waals surface area (Å²) in [6.45, 7) is 0.429. The standard InChI is InChI=1S/C11H12N4O5/c12-9(16)8-2-1-3-14(8)10-7(11(17)18)4-6(5-13-10)15(19)20/h4-5,8H,1-3H2,(H2,12,16)(H,17,18). The molecule has 0 spiro atoms. The van der Waals surface area contributed by atoms with Gasteiger partial charge in [0.05, 0.1) is 4.92 Å². The summed E-state index contributed by atoms with van der Waals surface area (Å²) < 4.78 is 0. The van der Waals surface area contributed by atoms with Crippen LogP contribution in [0.5, 0.6) is 0 Å². The zero-order valence-electron chi connectivity index (χ0n) is 10.4. The Balaban J connectivity index is 2.48. The first-order valence-electron chi connectivity index (χ1n) is 5.85. The first-order chi connectivity index (χ1) is 9.41. The zero-order valence-corrected chi connectivity index (χ0v) is 10.4. The Morgan fingerprint density at radius 2 is 2.25 bits per heavy atom. The number of nitro groups is 1. The van der Waals surface area contributed by atoms with Crippen molar-refractivity contribution in [1.82, 2.24) is 4.98 Å². The predicted molar refractivity (Wildman–Crippen MR) is 67.4 cm³/mol. The number of aromatic nitrogens is 1. The van der Waals surface area contributed by atoms with E-state index in [1.807, 2.05) is 0 Å². The number of hydrogen-bond acceptors (Lipinski definition) is 6.